The van der Waals surface area contributed by atoms with Crippen LogP contribution in [0.5, 0.6) is 5.75 Å². The number of methoxy groups -OCH3 is 1. The van der Waals surface area contributed by atoms with Crippen LogP contribution in [0, 0.1) is 0 Å². The number of carbonyl (C=O) groups is 1. The maximum absolute atomic E-state index is 12.7. The van der Waals surface area contributed by atoms with E-state index < -0.39 is 10.0 Å². The van der Waals surface area contributed by atoms with Gasteiger partial charge in [0.15, 0.2) is 0 Å². The SMILES string of the molecule is COc1ccc(NS(=O)(=O)c2ccc(C(=O)NCc3ccc(CN4CCCCC4)cc3)cc2)cc1. The first-order valence-electron chi connectivity index (χ1n) is 11.8. The van der Waals surface area contributed by atoms with Gasteiger partial charge in [-0.2, -0.15) is 0 Å². The van der Waals surface area contributed by atoms with Crippen molar-refractivity contribution in [2.45, 2.75) is 37.2 Å². The first-order chi connectivity index (χ1) is 16.9. The van der Waals surface area contributed by atoms with Crippen molar-refractivity contribution < 1.29 is 17.9 Å². The lowest BCUT2D eigenvalue weighted by Gasteiger charge is -2.26. The van der Waals surface area contributed by atoms with Gasteiger partial charge in [-0.1, -0.05) is 30.7 Å². The summed E-state index contributed by atoms with van der Waals surface area (Å²) in [5, 5.41) is 2.90. The largest absolute Gasteiger partial charge is 0.497 e. The summed E-state index contributed by atoms with van der Waals surface area (Å²) in [5.74, 6) is 0.381. The van der Waals surface area contributed by atoms with Crippen molar-refractivity contribution in [2.75, 3.05) is 24.9 Å². The summed E-state index contributed by atoms with van der Waals surface area (Å²) in [6.45, 7) is 3.70. The van der Waals surface area contributed by atoms with Crippen LogP contribution >= 0.6 is 0 Å². The van der Waals surface area contributed by atoms with Crippen LogP contribution in [0.25, 0.3) is 0 Å². The van der Waals surface area contributed by atoms with Gasteiger partial charge in [0, 0.05) is 24.3 Å². The van der Waals surface area contributed by atoms with E-state index in [0.717, 1.165) is 25.2 Å². The lowest BCUT2D eigenvalue weighted by atomic mass is 10.1. The van der Waals surface area contributed by atoms with Crippen LogP contribution in [0.2, 0.25) is 0 Å². The number of likely N-dealkylation sites (tertiary alicyclic amines) is 1. The van der Waals surface area contributed by atoms with E-state index in [9.17, 15) is 13.2 Å². The Morgan fingerprint density at radius 3 is 2.11 bits per heavy atom. The van der Waals surface area contributed by atoms with Gasteiger partial charge in [-0.05, 0) is 85.6 Å². The minimum absolute atomic E-state index is 0.0779. The van der Waals surface area contributed by atoms with Crippen molar-refractivity contribution in [1.82, 2.24) is 10.2 Å². The number of ether oxygens (including phenoxy) is 1. The van der Waals surface area contributed by atoms with Gasteiger partial charge in [0.25, 0.3) is 15.9 Å². The van der Waals surface area contributed by atoms with Crippen LogP contribution in [0.15, 0.2) is 77.7 Å². The number of benzene rings is 3. The van der Waals surface area contributed by atoms with Crippen LogP contribution in [0.3, 0.4) is 0 Å². The standard InChI is InChI=1S/C27H31N3O4S/c1-34-25-13-11-24(12-14-25)29-35(32,33)26-15-9-23(10-16-26)27(31)28-19-21-5-7-22(8-6-21)20-30-17-3-2-4-18-30/h5-16,29H,2-4,17-20H2,1H3,(H,28,31). The highest BCUT2D eigenvalue weighted by atomic mass is 32.2. The van der Waals surface area contributed by atoms with E-state index >= 15 is 0 Å². The fourth-order valence-electron chi connectivity index (χ4n) is 4.08. The molecule has 1 heterocycles. The molecule has 3 aromatic carbocycles. The second-order valence-electron chi connectivity index (χ2n) is 8.69. The molecule has 0 unspecified atom stereocenters. The third kappa shape index (κ3) is 6.83. The number of amides is 1. The van der Waals surface area contributed by atoms with E-state index in [1.807, 2.05) is 12.1 Å². The molecule has 184 valence electrons. The van der Waals surface area contributed by atoms with E-state index in [4.69, 9.17) is 4.74 Å². The molecule has 7 nitrogen and oxygen atoms in total. The Kier molecular flexibility index (Phi) is 8.05. The van der Waals surface area contributed by atoms with Crippen molar-refractivity contribution in [3.05, 3.63) is 89.5 Å². The van der Waals surface area contributed by atoms with Crippen LogP contribution in [0.4, 0.5) is 5.69 Å². The predicted octanol–water partition coefficient (Wildman–Crippen LogP) is 4.41. The molecular formula is C27H31N3O4S. The van der Waals surface area contributed by atoms with Crippen LogP contribution in [-0.4, -0.2) is 39.4 Å². The number of nitrogens with zero attached hydrogens (tertiary/aromatic N) is 1. The number of anilines is 1. The Balaban J connectivity index is 1.30. The van der Waals surface area contributed by atoms with Crippen molar-refractivity contribution in [3.63, 3.8) is 0 Å². The number of hydrogen-bond donors (Lipinski definition) is 2. The molecular weight excluding hydrogens is 462 g/mol. The Morgan fingerprint density at radius 1 is 0.857 bits per heavy atom. The van der Waals surface area contributed by atoms with Gasteiger partial charge in [0.2, 0.25) is 0 Å². The number of piperidine rings is 1. The summed E-state index contributed by atoms with van der Waals surface area (Å²) in [5.41, 5.74) is 3.12. The molecule has 0 saturated carbocycles. The third-order valence-corrected chi connectivity index (χ3v) is 7.50. The quantitative estimate of drug-likeness (QED) is 0.461. The van der Waals surface area contributed by atoms with E-state index in [1.165, 1.54) is 49.1 Å². The molecule has 2 N–H and O–H groups in total. The van der Waals surface area contributed by atoms with Crippen molar-refractivity contribution in [1.29, 1.82) is 0 Å². The molecule has 0 atom stereocenters. The van der Waals surface area contributed by atoms with Crippen molar-refractivity contribution >= 4 is 21.6 Å². The highest BCUT2D eigenvalue weighted by molar-refractivity contribution is 7.92. The Hall–Kier alpha value is -3.36. The molecule has 0 aliphatic carbocycles. The Labute approximate surface area is 207 Å². The Morgan fingerprint density at radius 2 is 1.49 bits per heavy atom. The average Bonchev–Trinajstić information content (AvgIpc) is 2.89. The van der Waals surface area contributed by atoms with Crippen LogP contribution in [0.1, 0.15) is 40.7 Å². The molecule has 4 rings (SSSR count). The number of sulfonamides is 1. The summed E-state index contributed by atoms with van der Waals surface area (Å²) in [6, 6.07) is 20.8. The fourth-order valence-corrected chi connectivity index (χ4v) is 5.14. The zero-order valence-electron chi connectivity index (χ0n) is 19.9. The van der Waals surface area contributed by atoms with Gasteiger partial charge in [-0.15, -0.1) is 0 Å². The monoisotopic (exact) mass is 493 g/mol. The third-order valence-electron chi connectivity index (χ3n) is 6.10. The summed E-state index contributed by atoms with van der Waals surface area (Å²) in [4.78, 5) is 15.1. The number of hydrogen-bond acceptors (Lipinski definition) is 5. The Bertz CT molecular complexity index is 1220. The minimum atomic E-state index is -3.77. The number of rotatable bonds is 9. The molecule has 1 fully saturated rings. The lowest BCUT2D eigenvalue weighted by Crippen LogP contribution is -2.29. The molecule has 3 aromatic rings. The van der Waals surface area contributed by atoms with E-state index in [-0.39, 0.29) is 10.8 Å². The van der Waals surface area contributed by atoms with Gasteiger partial charge in [0.1, 0.15) is 5.75 Å². The molecule has 0 bridgehead atoms. The molecule has 0 radical (unpaired) electrons. The first kappa shape index (κ1) is 24.8. The maximum atomic E-state index is 12.7. The number of nitrogens with one attached hydrogen (secondary N) is 2. The highest BCUT2D eigenvalue weighted by Gasteiger charge is 2.16. The van der Waals surface area contributed by atoms with Gasteiger partial charge in [-0.3, -0.25) is 14.4 Å². The molecule has 8 heteroatoms. The predicted molar refractivity (Wildman–Crippen MR) is 137 cm³/mol. The van der Waals surface area contributed by atoms with E-state index in [2.05, 4.69) is 27.1 Å². The normalized spacial score (nSPS) is 14.3. The van der Waals surface area contributed by atoms with Gasteiger partial charge in [-0.25, -0.2) is 8.42 Å². The van der Waals surface area contributed by atoms with Gasteiger partial charge >= 0.3 is 0 Å². The van der Waals surface area contributed by atoms with Crippen LogP contribution in [-0.2, 0) is 23.1 Å². The maximum Gasteiger partial charge on any atom is 0.261 e. The molecule has 1 saturated heterocycles. The van der Waals surface area contributed by atoms with E-state index in [0.29, 0.717) is 23.5 Å². The minimum Gasteiger partial charge on any atom is -0.497 e. The molecule has 35 heavy (non-hydrogen) atoms. The lowest BCUT2D eigenvalue weighted by molar-refractivity contribution is 0.0951. The first-order valence-corrected chi connectivity index (χ1v) is 13.3. The molecule has 0 spiro atoms. The second kappa shape index (κ2) is 11.4. The van der Waals surface area contributed by atoms with Crippen molar-refractivity contribution in [2.24, 2.45) is 0 Å². The topological polar surface area (TPSA) is 87.7 Å². The molecule has 1 aliphatic rings. The highest BCUT2D eigenvalue weighted by Crippen LogP contribution is 2.20. The van der Waals surface area contributed by atoms with Crippen LogP contribution < -0.4 is 14.8 Å². The van der Waals surface area contributed by atoms with E-state index in [1.54, 1.807) is 31.4 Å². The molecule has 1 amide bonds. The van der Waals surface area contributed by atoms with Crippen molar-refractivity contribution in [3.8, 4) is 5.75 Å². The summed E-state index contributed by atoms with van der Waals surface area (Å²) in [6.07, 6.45) is 3.88. The van der Waals surface area contributed by atoms with Gasteiger partial charge < -0.3 is 10.1 Å². The zero-order valence-corrected chi connectivity index (χ0v) is 20.7. The summed E-state index contributed by atoms with van der Waals surface area (Å²) >= 11 is 0. The number of carbonyl (C=O) groups excluding carboxylic acids is 1. The average molecular weight is 494 g/mol. The molecule has 1 aliphatic heterocycles. The van der Waals surface area contributed by atoms with Gasteiger partial charge in [0.05, 0.1) is 12.0 Å². The smallest absolute Gasteiger partial charge is 0.261 e. The summed E-state index contributed by atoms with van der Waals surface area (Å²) in [7, 11) is -2.23. The molecule has 0 aromatic heterocycles. The zero-order chi connectivity index (χ0) is 24.7. The summed E-state index contributed by atoms with van der Waals surface area (Å²) < 4.78 is 32.9. The fraction of sp³-hybridized carbons (Fsp3) is 0.296. The second-order valence-corrected chi connectivity index (χ2v) is 10.4.